The van der Waals surface area contributed by atoms with Gasteiger partial charge >= 0.3 is 6.16 Å². The Morgan fingerprint density at radius 1 is 1.41 bits per heavy atom. The van der Waals surface area contributed by atoms with Crippen LogP contribution < -0.4 is 10.3 Å². The van der Waals surface area contributed by atoms with E-state index in [4.69, 9.17) is 9.84 Å². The lowest BCUT2D eigenvalue weighted by molar-refractivity contribution is 0.144. The third kappa shape index (κ3) is 1.99. The van der Waals surface area contributed by atoms with Gasteiger partial charge in [0.15, 0.2) is 5.75 Å². The maximum Gasteiger partial charge on any atom is 0.511 e. The fourth-order valence-corrected chi connectivity index (χ4v) is 1.78. The Kier molecular flexibility index (Phi) is 2.82. The first kappa shape index (κ1) is 11.2. The van der Waals surface area contributed by atoms with Crippen LogP contribution in [0.25, 0.3) is 10.9 Å². The number of hydrogen-bond acceptors (Lipinski definition) is 3. The number of pyridine rings is 1. The van der Waals surface area contributed by atoms with Crippen LogP contribution in [0, 0.1) is 0 Å². The van der Waals surface area contributed by atoms with Gasteiger partial charge in [-0.15, -0.1) is 0 Å². The Morgan fingerprint density at radius 3 is 2.76 bits per heavy atom. The van der Waals surface area contributed by atoms with Crippen molar-refractivity contribution in [3.05, 3.63) is 40.2 Å². The van der Waals surface area contributed by atoms with Crippen LogP contribution in [0.3, 0.4) is 0 Å². The van der Waals surface area contributed by atoms with Crippen molar-refractivity contribution in [3.63, 3.8) is 0 Å². The summed E-state index contributed by atoms with van der Waals surface area (Å²) in [7, 11) is 0. The first-order chi connectivity index (χ1) is 8.13. The molecule has 1 aromatic heterocycles. The molecule has 5 nitrogen and oxygen atoms in total. The second-order valence-corrected chi connectivity index (χ2v) is 3.53. The summed E-state index contributed by atoms with van der Waals surface area (Å²) in [4.78, 5) is 25.1. The highest BCUT2D eigenvalue weighted by Gasteiger charge is 2.14. The molecule has 0 saturated heterocycles. The van der Waals surface area contributed by atoms with Crippen LogP contribution in [0.4, 0.5) is 4.79 Å². The number of para-hydroxylation sites is 1. The van der Waals surface area contributed by atoms with E-state index in [2.05, 4.69) is 4.98 Å². The highest BCUT2D eigenvalue weighted by molar-refractivity contribution is 5.87. The molecule has 2 rings (SSSR count). The van der Waals surface area contributed by atoms with Crippen molar-refractivity contribution >= 4 is 17.1 Å². The minimum Gasteiger partial charge on any atom is -0.449 e. The minimum atomic E-state index is -1.42. The number of fused-ring (bicyclic) bond motifs is 1. The number of H-pyrrole nitrogens is 1. The SMILES string of the molecule is CCc1c(OC(=O)O)c2ccccc2[nH]c1=O. The van der Waals surface area contributed by atoms with Crippen LogP contribution >= 0.6 is 0 Å². The molecule has 0 aliphatic heterocycles. The Bertz CT molecular complexity index is 630. The predicted molar refractivity (Wildman–Crippen MR) is 62.6 cm³/mol. The summed E-state index contributed by atoms with van der Waals surface area (Å²) in [5.74, 6) is 0.124. The van der Waals surface area contributed by atoms with Crippen molar-refractivity contribution in [2.24, 2.45) is 0 Å². The number of rotatable bonds is 2. The third-order valence-electron chi connectivity index (χ3n) is 2.51. The van der Waals surface area contributed by atoms with Crippen molar-refractivity contribution in [1.82, 2.24) is 4.98 Å². The summed E-state index contributed by atoms with van der Waals surface area (Å²) in [5.41, 5.74) is 0.583. The van der Waals surface area contributed by atoms with E-state index in [-0.39, 0.29) is 11.3 Å². The molecule has 0 aliphatic carbocycles. The van der Waals surface area contributed by atoms with Gasteiger partial charge in [0, 0.05) is 5.39 Å². The van der Waals surface area contributed by atoms with Gasteiger partial charge in [-0.2, -0.15) is 0 Å². The quantitative estimate of drug-likeness (QED) is 0.779. The van der Waals surface area contributed by atoms with Gasteiger partial charge in [-0.05, 0) is 18.6 Å². The fourth-order valence-electron chi connectivity index (χ4n) is 1.78. The van der Waals surface area contributed by atoms with Gasteiger partial charge in [-0.1, -0.05) is 19.1 Å². The van der Waals surface area contributed by atoms with Crippen LogP contribution in [0.15, 0.2) is 29.1 Å². The van der Waals surface area contributed by atoms with Crippen molar-refractivity contribution < 1.29 is 14.6 Å². The van der Waals surface area contributed by atoms with E-state index in [9.17, 15) is 9.59 Å². The van der Waals surface area contributed by atoms with Crippen molar-refractivity contribution in [3.8, 4) is 5.75 Å². The molecule has 2 N–H and O–H groups in total. The molecular weight excluding hydrogens is 222 g/mol. The highest BCUT2D eigenvalue weighted by atomic mass is 16.7. The Labute approximate surface area is 96.7 Å². The monoisotopic (exact) mass is 233 g/mol. The van der Waals surface area contributed by atoms with Crippen LogP contribution in [-0.4, -0.2) is 16.2 Å². The standard InChI is InChI=1S/C12H11NO4/c1-2-7-10(17-12(15)16)8-5-3-4-6-9(8)13-11(7)14/h3-6H,2H2,1H3,(H,13,14)(H,15,16). The molecular formula is C12H11NO4. The van der Waals surface area contributed by atoms with Crippen LogP contribution in [-0.2, 0) is 6.42 Å². The highest BCUT2D eigenvalue weighted by Crippen LogP contribution is 2.26. The Morgan fingerprint density at radius 2 is 2.12 bits per heavy atom. The zero-order valence-corrected chi connectivity index (χ0v) is 9.19. The van der Waals surface area contributed by atoms with E-state index < -0.39 is 6.16 Å². The number of ether oxygens (including phenoxy) is 1. The number of aromatic amines is 1. The van der Waals surface area contributed by atoms with Crippen molar-refractivity contribution in [1.29, 1.82) is 0 Å². The molecule has 0 aliphatic rings. The lowest BCUT2D eigenvalue weighted by Gasteiger charge is -2.09. The maximum absolute atomic E-state index is 11.7. The zero-order chi connectivity index (χ0) is 12.4. The molecule has 0 spiro atoms. The summed E-state index contributed by atoms with van der Waals surface area (Å²) in [6, 6.07) is 6.93. The summed E-state index contributed by atoms with van der Waals surface area (Å²) in [6.45, 7) is 1.77. The number of hydrogen-bond donors (Lipinski definition) is 2. The second-order valence-electron chi connectivity index (χ2n) is 3.53. The van der Waals surface area contributed by atoms with Gasteiger partial charge < -0.3 is 14.8 Å². The maximum atomic E-state index is 11.7. The van der Waals surface area contributed by atoms with Gasteiger partial charge in [0.1, 0.15) is 0 Å². The molecule has 1 heterocycles. The topological polar surface area (TPSA) is 79.4 Å². The zero-order valence-electron chi connectivity index (χ0n) is 9.19. The minimum absolute atomic E-state index is 0.124. The van der Waals surface area contributed by atoms with Crippen LogP contribution in [0.5, 0.6) is 5.75 Å². The van der Waals surface area contributed by atoms with E-state index in [1.54, 1.807) is 31.2 Å². The Balaban J connectivity index is 2.81. The first-order valence-corrected chi connectivity index (χ1v) is 5.18. The summed E-state index contributed by atoms with van der Waals surface area (Å²) in [6.07, 6.45) is -1.02. The van der Waals surface area contributed by atoms with Gasteiger partial charge in [-0.3, -0.25) is 4.79 Å². The molecule has 0 saturated carbocycles. The number of benzene rings is 1. The van der Waals surface area contributed by atoms with Crippen LogP contribution in [0.1, 0.15) is 12.5 Å². The van der Waals surface area contributed by atoms with Gasteiger partial charge in [0.25, 0.3) is 5.56 Å². The average molecular weight is 233 g/mol. The largest absolute Gasteiger partial charge is 0.511 e. The third-order valence-corrected chi connectivity index (χ3v) is 2.51. The number of nitrogens with one attached hydrogen (secondary N) is 1. The van der Waals surface area contributed by atoms with Gasteiger partial charge in [0.2, 0.25) is 0 Å². The molecule has 17 heavy (non-hydrogen) atoms. The van der Waals surface area contributed by atoms with E-state index in [1.807, 2.05) is 0 Å². The van der Waals surface area contributed by atoms with Crippen molar-refractivity contribution in [2.75, 3.05) is 0 Å². The first-order valence-electron chi connectivity index (χ1n) is 5.18. The van der Waals surface area contributed by atoms with E-state index in [0.29, 0.717) is 22.9 Å². The van der Waals surface area contributed by atoms with E-state index >= 15 is 0 Å². The smallest absolute Gasteiger partial charge is 0.449 e. The fraction of sp³-hybridized carbons (Fsp3) is 0.167. The average Bonchev–Trinajstić information content (AvgIpc) is 2.28. The van der Waals surface area contributed by atoms with E-state index in [0.717, 1.165) is 0 Å². The summed E-state index contributed by atoms with van der Waals surface area (Å²) >= 11 is 0. The molecule has 5 heteroatoms. The van der Waals surface area contributed by atoms with E-state index in [1.165, 1.54) is 0 Å². The predicted octanol–water partition coefficient (Wildman–Crippen LogP) is 2.15. The Hall–Kier alpha value is -2.30. The lowest BCUT2D eigenvalue weighted by Crippen LogP contribution is -2.16. The molecule has 0 unspecified atom stereocenters. The molecule has 0 amide bonds. The summed E-state index contributed by atoms with van der Waals surface area (Å²) in [5, 5.41) is 9.29. The number of aromatic nitrogens is 1. The molecule has 0 radical (unpaired) electrons. The molecule has 0 atom stereocenters. The van der Waals surface area contributed by atoms with Gasteiger partial charge in [0.05, 0.1) is 11.1 Å². The molecule has 0 bridgehead atoms. The molecule has 2 aromatic rings. The summed E-state index contributed by atoms with van der Waals surface area (Å²) < 4.78 is 4.73. The van der Waals surface area contributed by atoms with Crippen molar-refractivity contribution in [2.45, 2.75) is 13.3 Å². The molecule has 1 aromatic carbocycles. The normalized spacial score (nSPS) is 10.4. The second kappa shape index (κ2) is 4.29. The molecule has 88 valence electrons. The molecule has 0 fully saturated rings. The van der Waals surface area contributed by atoms with Gasteiger partial charge in [-0.25, -0.2) is 4.79 Å². The number of carboxylic acid groups (broad SMARTS) is 1. The number of carbonyl (C=O) groups is 1. The lowest BCUT2D eigenvalue weighted by atomic mass is 10.1. The van der Waals surface area contributed by atoms with Crippen LogP contribution in [0.2, 0.25) is 0 Å².